The van der Waals surface area contributed by atoms with Crippen LogP contribution in [-0.4, -0.2) is 29.4 Å². The van der Waals surface area contributed by atoms with Crippen molar-refractivity contribution in [3.8, 4) is 17.2 Å². The van der Waals surface area contributed by atoms with Gasteiger partial charge in [-0.25, -0.2) is 9.07 Å². The standard InChI is InChI=1S/C20H17F4N3O3/c1-3-30-17-10-12(8-9-16(17)29-2)26-19(28)13-11-25-27(18(13)20(22,23)24)15-7-5-4-6-14(15)21/h4-11H,3H2,1-2H3,(H,26,28). The van der Waals surface area contributed by atoms with Gasteiger partial charge in [-0.1, -0.05) is 12.1 Å². The summed E-state index contributed by atoms with van der Waals surface area (Å²) in [7, 11) is 1.43. The highest BCUT2D eigenvalue weighted by atomic mass is 19.4. The van der Waals surface area contributed by atoms with E-state index in [0.717, 1.165) is 18.3 Å². The Kier molecular flexibility index (Phi) is 5.95. The van der Waals surface area contributed by atoms with Gasteiger partial charge in [-0.05, 0) is 31.2 Å². The van der Waals surface area contributed by atoms with E-state index in [2.05, 4.69) is 10.4 Å². The molecule has 0 saturated carbocycles. The lowest BCUT2D eigenvalue weighted by Gasteiger charge is -2.14. The number of alkyl halides is 3. The van der Waals surface area contributed by atoms with Crippen molar-refractivity contribution < 1.29 is 31.8 Å². The zero-order valence-corrected chi connectivity index (χ0v) is 16.0. The Morgan fingerprint density at radius 1 is 1.17 bits per heavy atom. The number of aromatic nitrogens is 2. The number of carbonyl (C=O) groups is 1. The highest BCUT2D eigenvalue weighted by Gasteiger charge is 2.41. The van der Waals surface area contributed by atoms with Crippen molar-refractivity contribution >= 4 is 11.6 Å². The number of rotatable bonds is 6. The number of hydrogen-bond acceptors (Lipinski definition) is 4. The lowest BCUT2D eigenvalue weighted by atomic mass is 10.2. The summed E-state index contributed by atoms with van der Waals surface area (Å²) in [5.74, 6) is -1.25. The van der Waals surface area contributed by atoms with Crippen molar-refractivity contribution in [3.63, 3.8) is 0 Å². The summed E-state index contributed by atoms with van der Waals surface area (Å²) in [6.07, 6.45) is -4.21. The molecule has 10 heteroatoms. The smallest absolute Gasteiger partial charge is 0.434 e. The number of anilines is 1. The number of methoxy groups -OCH3 is 1. The first-order valence-electron chi connectivity index (χ1n) is 8.78. The fourth-order valence-corrected chi connectivity index (χ4v) is 2.81. The summed E-state index contributed by atoms with van der Waals surface area (Å²) in [5.41, 5.74) is -2.37. The van der Waals surface area contributed by atoms with Crippen LogP contribution in [0.1, 0.15) is 23.0 Å². The van der Waals surface area contributed by atoms with Crippen LogP contribution in [0.2, 0.25) is 0 Å². The zero-order valence-electron chi connectivity index (χ0n) is 16.0. The molecule has 158 valence electrons. The first kappa shape index (κ1) is 21.2. The van der Waals surface area contributed by atoms with E-state index < -0.39 is 34.8 Å². The summed E-state index contributed by atoms with van der Waals surface area (Å²) >= 11 is 0. The minimum atomic E-state index is -4.96. The van der Waals surface area contributed by atoms with Gasteiger partial charge in [0, 0.05) is 11.8 Å². The minimum Gasteiger partial charge on any atom is -0.493 e. The SMILES string of the molecule is CCOc1cc(NC(=O)c2cnn(-c3ccccc3F)c2C(F)(F)F)ccc1OC. The Bertz CT molecular complexity index is 1060. The summed E-state index contributed by atoms with van der Waals surface area (Å²) < 4.78 is 66.1. The maximum Gasteiger partial charge on any atom is 0.434 e. The highest BCUT2D eigenvalue weighted by Crippen LogP contribution is 2.35. The molecule has 3 rings (SSSR count). The molecular weight excluding hydrogens is 406 g/mol. The Hall–Kier alpha value is -3.56. The van der Waals surface area contributed by atoms with Gasteiger partial charge in [-0.3, -0.25) is 4.79 Å². The van der Waals surface area contributed by atoms with Crippen LogP contribution in [0.25, 0.3) is 5.69 Å². The fourth-order valence-electron chi connectivity index (χ4n) is 2.81. The molecule has 3 aromatic rings. The van der Waals surface area contributed by atoms with Gasteiger partial charge in [0.15, 0.2) is 17.2 Å². The van der Waals surface area contributed by atoms with E-state index in [1.54, 1.807) is 6.92 Å². The number of carbonyl (C=O) groups excluding carboxylic acids is 1. The van der Waals surface area contributed by atoms with Crippen molar-refractivity contribution in [1.82, 2.24) is 9.78 Å². The van der Waals surface area contributed by atoms with E-state index in [-0.39, 0.29) is 5.69 Å². The lowest BCUT2D eigenvalue weighted by Crippen LogP contribution is -2.21. The normalized spacial score (nSPS) is 11.3. The van der Waals surface area contributed by atoms with Crippen LogP contribution in [0.5, 0.6) is 11.5 Å². The van der Waals surface area contributed by atoms with Crippen LogP contribution in [0.15, 0.2) is 48.7 Å². The van der Waals surface area contributed by atoms with Crippen LogP contribution in [0.3, 0.4) is 0 Å². The Labute approximate surface area is 169 Å². The molecule has 0 atom stereocenters. The van der Waals surface area contributed by atoms with Crippen LogP contribution in [-0.2, 0) is 6.18 Å². The number of para-hydroxylation sites is 1. The number of hydrogen-bond donors (Lipinski definition) is 1. The largest absolute Gasteiger partial charge is 0.493 e. The van der Waals surface area contributed by atoms with Crippen molar-refractivity contribution in [3.05, 3.63) is 65.7 Å². The number of nitrogens with zero attached hydrogens (tertiary/aromatic N) is 2. The third-order valence-corrected chi connectivity index (χ3v) is 4.08. The molecule has 0 bridgehead atoms. The number of halogens is 4. The molecule has 30 heavy (non-hydrogen) atoms. The van der Waals surface area contributed by atoms with Gasteiger partial charge in [0.2, 0.25) is 0 Å². The zero-order chi connectivity index (χ0) is 21.9. The Balaban J connectivity index is 1.99. The number of benzene rings is 2. The molecule has 1 heterocycles. The van der Waals surface area contributed by atoms with Gasteiger partial charge in [0.1, 0.15) is 11.5 Å². The van der Waals surface area contributed by atoms with Gasteiger partial charge in [-0.2, -0.15) is 18.3 Å². The third kappa shape index (κ3) is 4.22. The highest BCUT2D eigenvalue weighted by molar-refractivity contribution is 6.05. The van der Waals surface area contributed by atoms with E-state index in [1.165, 1.54) is 37.4 Å². The van der Waals surface area contributed by atoms with Crippen molar-refractivity contribution in [2.24, 2.45) is 0 Å². The van der Waals surface area contributed by atoms with E-state index in [4.69, 9.17) is 9.47 Å². The predicted octanol–water partition coefficient (Wildman–Crippen LogP) is 4.69. The number of ether oxygens (including phenoxy) is 2. The van der Waals surface area contributed by atoms with E-state index in [9.17, 15) is 22.4 Å². The van der Waals surface area contributed by atoms with Gasteiger partial charge in [-0.15, -0.1) is 0 Å². The van der Waals surface area contributed by atoms with Crippen molar-refractivity contribution in [2.75, 3.05) is 19.0 Å². The van der Waals surface area contributed by atoms with Crippen molar-refractivity contribution in [1.29, 1.82) is 0 Å². The lowest BCUT2D eigenvalue weighted by molar-refractivity contribution is -0.143. The van der Waals surface area contributed by atoms with Gasteiger partial charge in [0.25, 0.3) is 5.91 Å². The maximum absolute atomic E-state index is 14.0. The molecule has 0 aliphatic carbocycles. The molecule has 6 nitrogen and oxygen atoms in total. The Morgan fingerprint density at radius 2 is 1.90 bits per heavy atom. The minimum absolute atomic E-state index is 0.191. The molecule has 0 aliphatic rings. The predicted molar refractivity (Wildman–Crippen MR) is 101 cm³/mol. The second-order valence-electron chi connectivity index (χ2n) is 6.02. The third-order valence-electron chi connectivity index (χ3n) is 4.08. The topological polar surface area (TPSA) is 65.4 Å². The molecule has 0 saturated heterocycles. The monoisotopic (exact) mass is 423 g/mol. The second kappa shape index (κ2) is 8.44. The molecule has 1 N–H and O–H groups in total. The van der Waals surface area contributed by atoms with Crippen LogP contribution < -0.4 is 14.8 Å². The second-order valence-corrected chi connectivity index (χ2v) is 6.02. The summed E-state index contributed by atoms with van der Waals surface area (Å²) in [5, 5.41) is 5.98. The fraction of sp³-hybridized carbons (Fsp3) is 0.200. The van der Waals surface area contributed by atoms with Crippen LogP contribution in [0, 0.1) is 5.82 Å². The van der Waals surface area contributed by atoms with E-state index in [0.29, 0.717) is 22.8 Å². The molecular formula is C20H17F4N3O3. The number of nitrogens with one attached hydrogen (secondary N) is 1. The maximum atomic E-state index is 14.0. The molecule has 0 spiro atoms. The number of amides is 1. The molecule has 0 fully saturated rings. The quantitative estimate of drug-likeness (QED) is 0.585. The van der Waals surface area contributed by atoms with Gasteiger partial charge in [0.05, 0.1) is 25.5 Å². The molecule has 0 radical (unpaired) electrons. The summed E-state index contributed by atoms with van der Waals surface area (Å²) in [6, 6.07) is 9.23. The average molecular weight is 423 g/mol. The average Bonchev–Trinajstić information content (AvgIpc) is 3.14. The summed E-state index contributed by atoms with van der Waals surface area (Å²) in [6.45, 7) is 2.07. The molecule has 0 aliphatic heterocycles. The molecule has 2 aromatic carbocycles. The van der Waals surface area contributed by atoms with Crippen LogP contribution >= 0.6 is 0 Å². The van der Waals surface area contributed by atoms with Gasteiger partial charge < -0.3 is 14.8 Å². The first-order valence-corrected chi connectivity index (χ1v) is 8.78. The van der Waals surface area contributed by atoms with E-state index >= 15 is 0 Å². The van der Waals surface area contributed by atoms with E-state index in [1.807, 2.05) is 0 Å². The van der Waals surface area contributed by atoms with Crippen molar-refractivity contribution in [2.45, 2.75) is 13.1 Å². The molecule has 0 unspecified atom stereocenters. The molecule has 1 amide bonds. The Morgan fingerprint density at radius 3 is 2.53 bits per heavy atom. The molecule has 1 aromatic heterocycles. The van der Waals surface area contributed by atoms with Crippen LogP contribution in [0.4, 0.5) is 23.2 Å². The first-order chi connectivity index (χ1) is 14.3. The summed E-state index contributed by atoms with van der Waals surface area (Å²) in [4.78, 5) is 12.6. The van der Waals surface area contributed by atoms with Gasteiger partial charge >= 0.3 is 6.18 Å².